The highest BCUT2D eigenvalue weighted by Crippen LogP contribution is 2.53. The molecule has 0 N–H and O–H groups in total. The highest BCUT2D eigenvalue weighted by molar-refractivity contribution is 6.28. The van der Waals surface area contributed by atoms with E-state index in [1.807, 2.05) is 72.8 Å². The van der Waals surface area contributed by atoms with Crippen molar-refractivity contribution in [2.45, 2.75) is 0 Å². The second kappa shape index (κ2) is 32.7. The maximum absolute atomic E-state index is 8.94. The Morgan fingerprint density at radius 1 is 0.141 bits per heavy atom. The Labute approximate surface area is 786 Å². The quantitative estimate of drug-likeness (QED) is 0.128. The van der Waals surface area contributed by atoms with E-state index >= 15 is 0 Å². The van der Waals surface area contributed by atoms with Gasteiger partial charge in [0.05, 0.1) is 6.85 Å². The van der Waals surface area contributed by atoms with Crippen molar-refractivity contribution in [2.75, 3.05) is 0 Å². The fourth-order valence-corrected chi connectivity index (χ4v) is 21.6. The lowest BCUT2D eigenvalue weighted by atomic mass is 9.83. The van der Waals surface area contributed by atoms with E-state index in [4.69, 9.17) is 20.1 Å². The van der Waals surface area contributed by atoms with Crippen molar-refractivity contribution < 1.29 is 20.1 Å². The molecule has 3 heterocycles. The first-order chi connectivity index (χ1) is 69.1. The zero-order valence-corrected chi connectivity index (χ0v) is 73.2. The van der Waals surface area contributed by atoms with Crippen molar-refractivity contribution >= 4 is 163 Å². The monoisotopic (exact) mass is 1720 g/mol. The lowest BCUT2D eigenvalue weighted by molar-refractivity contribution is 0.668. The van der Waals surface area contributed by atoms with Crippen molar-refractivity contribution in [1.29, 1.82) is 0 Å². The molecule has 0 aliphatic heterocycles. The smallest absolute Gasteiger partial charge is 0.143 e. The van der Waals surface area contributed by atoms with Gasteiger partial charge in [-0.2, -0.15) is 0 Å². The molecular weight excluding hydrogens is 1630 g/mol. The minimum absolute atomic E-state index is 0.204. The van der Waals surface area contributed by atoms with E-state index in [-0.39, 0.29) is 29.7 Å². The second-order valence-electron chi connectivity index (χ2n) is 34.9. The third kappa shape index (κ3) is 13.3. The summed E-state index contributed by atoms with van der Waals surface area (Å²) in [6.45, 7) is 0. The fourth-order valence-electron chi connectivity index (χ4n) is 21.6. The van der Waals surface area contributed by atoms with Crippen LogP contribution in [0.15, 0.2) is 511 Å². The van der Waals surface area contributed by atoms with Crippen molar-refractivity contribution in [3.63, 3.8) is 0 Å². The average molecular weight is 1720 g/mol. The van der Waals surface area contributed by atoms with E-state index in [1.165, 1.54) is 120 Å². The predicted molar refractivity (Wildman–Crippen MR) is 573 cm³/mol. The van der Waals surface area contributed by atoms with E-state index < -0.39 is 6.04 Å². The van der Waals surface area contributed by atoms with Crippen LogP contribution in [0.4, 0.5) is 0 Å². The van der Waals surface area contributed by atoms with Crippen LogP contribution in [0, 0.1) is 0 Å². The molecule has 628 valence electrons. The molecule has 3 nitrogen and oxygen atoms in total. The summed E-state index contributed by atoms with van der Waals surface area (Å²) in [6.07, 6.45) is 0. The van der Waals surface area contributed by atoms with Crippen LogP contribution in [0.2, 0.25) is 0 Å². The van der Waals surface area contributed by atoms with Crippen LogP contribution in [0.1, 0.15) is 6.85 Å². The van der Waals surface area contributed by atoms with Gasteiger partial charge in [-0.25, -0.2) is 0 Å². The first-order valence-electron chi connectivity index (χ1n) is 48.5. The van der Waals surface area contributed by atoms with Gasteiger partial charge in [0.15, 0.2) is 0 Å². The van der Waals surface area contributed by atoms with Crippen molar-refractivity contribution in [1.82, 2.24) is 0 Å². The van der Waals surface area contributed by atoms with E-state index in [1.54, 1.807) is 0 Å². The molecule has 135 heavy (non-hydrogen) atoms. The van der Waals surface area contributed by atoms with Gasteiger partial charge >= 0.3 is 0 Å². The molecule has 28 rings (SSSR count). The molecule has 0 bridgehead atoms. The molecular formula is C132H82O3. The van der Waals surface area contributed by atoms with Gasteiger partial charge in [0.1, 0.15) is 33.5 Å². The first-order valence-corrected chi connectivity index (χ1v) is 46.0. The number of hydrogen-bond donors (Lipinski definition) is 0. The maximum Gasteiger partial charge on any atom is 0.143 e. The molecule has 0 saturated carbocycles. The molecule has 28 aromatic rings. The summed E-state index contributed by atoms with van der Waals surface area (Å²) in [7, 11) is 0. The molecule has 0 saturated heterocycles. The highest BCUT2D eigenvalue weighted by atomic mass is 16.3. The number of fused-ring (bicyclic) bond motifs is 18. The summed E-state index contributed by atoms with van der Waals surface area (Å²) in [5.41, 5.74) is 27.3. The van der Waals surface area contributed by atoms with E-state index in [0.717, 1.165) is 143 Å². The topological polar surface area (TPSA) is 39.4 Å². The van der Waals surface area contributed by atoms with Gasteiger partial charge in [-0.3, -0.25) is 0 Å². The van der Waals surface area contributed by atoms with Crippen molar-refractivity contribution in [3.8, 4) is 111 Å². The van der Waals surface area contributed by atoms with Crippen LogP contribution in [-0.2, 0) is 0 Å². The van der Waals surface area contributed by atoms with Crippen LogP contribution in [0.3, 0.4) is 0 Å². The van der Waals surface area contributed by atoms with Gasteiger partial charge in [-0.05, 0) is 257 Å². The van der Waals surface area contributed by atoms with E-state index in [9.17, 15) is 0 Å². The third-order valence-electron chi connectivity index (χ3n) is 27.5. The molecule has 0 aliphatic rings. The number of benzene rings is 25. The number of hydrogen-bond acceptors (Lipinski definition) is 3. The average Bonchev–Trinajstić information content (AvgIpc) is 1.20. The summed E-state index contributed by atoms with van der Waals surface area (Å²) in [4.78, 5) is 0. The zero-order valence-electron chi connectivity index (χ0n) is 78.2. The minimum atomic E-state index is -0.402. The summed E-state index contributed by atoms with van der Waals surface area (Å²) in [5, 5.41) is 27.5. The Kier molecular flexibility index (Phi) is 17.7. The molecule has 0 aliphatic carbocycles. The molecule has 0 unspecified atom stereocenters. The van der Waals surface area contributed by atoms with Gasteiger partial charge in [0.25, 0.3) is 0 Å². The molecule has 0 radical (unpaired) electrons. The standard InChI is InChI=1S/2C48H30O.C36H22O/c1-3-15-31(16-4-1)33-29-43(48-42-25-13-14-26-44(42)49-45(48)30-33)36-27-28-41(35-20-8-7-19-34(35)36)47-39-23-11-9-21-37(39)46(32-17-5-2-6-18-32)38-22-10-12-24-40(38)47;1-2-13-33(14-3-1)45-39-16-6-8-18-41(39)46(42-19-9-7-17-40(42)45)34-25-23-32(24-26-34)37-28-29-38(36-27-22-31-12-4-5-15-35(31)30-36)48-47(37)43-20-10-11-21-44(43)49-48;1-2-12-25-23(10-1)11-9-18-27(25)36-30-16-5-3-14-28(30)35(29-15-4-6-17-31(29)36)24-20-21-34-32(22-24)26-13-7-8-19-33(26)37-34/h2*1-30H;1-22H/i2D,5D,6D,17D,18D;;. The second-order valence-corrected chi connectivity index (χ2v) is 34.9. The molecule has 25 aromatic carbocycles. The first kappa shape index (κ1) is 73.1. The van der Waals surface area contributed by atoms with Gasteiger partial charge < -0.3 is 13.3 Å². The van der Waals surface area contributed by atoms with Crippen molar-refractivity contribution in [3.05, 3.63) is 497 Å². The Hall–Kier alpha value is -17.8. The predicted octanol–water partition coefficient (Wildman–Crippen LogP) is 37.8. The largest absolute Gasteiger partial charge is 0.456 e. The lowest BCUT2D eigenvalue weighted by Gasteiger charge is -2.20. The summed E-state index contributed by atoms with van der Waals surface area (Å²) in [6, 6.07) is 164. The van der Waals surface area contributed by atoms with Crippen molar-refractivity contribution in [2.24, 2.45) is 0 Å². The normalized spacial score (nSPS) is 12.2. The Morgan fingerprint density at radius 2 is 0.504 bits per heavy atom. The highest BCUT2D eigenvalue weighted by Gasteiger charge is 2.26. The minimum Gasteiger partial charge on any atom is -0.456 e. The molecule has 0 atom stereocenters. The third-order valence-corrected chi connectivity index (χ3v) is 27.5. The Bertz CT molecular complexity index is 9760. The van der Waals surface area contributed by atoms with Gasteiger partial charge in [-0.1, -0.05) is 443 Å². The number of para-hydroxylation sites is 3. The summed E-state index contributed by atoms with van der Waals surface area (Å²) in [5.74, 6) is 0. The molecule has 0 spiro atoms. The van der Waals surface area contributed by atoms with E-state index in [0.29, 0.717) is 5.56 Å². The van der Waals surface area contributed by atoms with Gasteiger partial charge in [0, 0.05) is 37.9 Å². The molecule has 0 fully saturated rings. The summed E-state index contributed by atoms with van der Waals surface area (Å²) < 4.78 is 62.4. The van der Waals surface area contributed by atoms with Crippen LogP contribution >= 0.6 is 0 Å². The summed E-state index contributed by atoms with van der Waals surface area (Å²) >= 11 is 0. The molecule has 3 aromatic heterocycles. The van der Waals surface area contributed by atoms with Crippen LogP contribution in [0.25, 0.3) is 274 Å². The van der Waals surface area contributed by atoms with Crippen LogP contribution in [0.5, 0.6) is 0 Å². The SMILES string of the molecule is [2H]c1c([2H])c([2H])c(-c2c3ccccc3c(-c3ccc(-c4cc(-c5ccccc5)cc5oc6ccccc6c45)c4ccccc34)c3ccccc23)c([2H])c1[2H].c1ccc(-c2c3ccccc3c(-c3ccc(-c4ccc(-c5ccc6ccccc6c5)c5oc6ccccc6c45)cc3)c3ccccc23)cc1.c1ccc2c(-c3c4ccccc4c(-c4ccc5oc6ccccc6c5c4)c4ccccc34)cccc2c1. The van der Waals surface area contributed by atoms with E-state index in [2.05, 4.69) is 394 Å². The Balaban J connectivity index is 0.000000110. The van der Waals surface area contributed by atoms with Gasteiger partial charge in [-0.15, -0.1) is 0 Å². The van der Waals surface area contributed by atoms with Gasteiger partial charge in [0.2, 0.25) is 0 Å². The number of rotatable bonds is 10. The van der Waals surface area contributed by atoms with Crippen LogP contribution < -0.4 is 0 Å². The lowest BCUT2D eigenvalue weighted by Crippen LogP contribution is -1.92. The maximum atomic E-state index is 8.94. The molecule has 0 amide bonds. The molecule has 3 heteroatoms. The fraction of sp³-hybridized carbons (Fsp3) is 0. The Morgan fingerprint density at radius 3 is 1.07 bits per heavy atom. The van der Waals surface area contributed by atoms with Crippen LogP contribution in [-0.4, -0.2) is 0 Å². The number of furan rings is 3. The zero-order chi connectivity index (χ0) is 93.3.